The zero-order valence-corrected chi connectivity index (χ0v) is 12.5. The Hall–Kier alpha value is -1.86. The third kappa shape index (κ3) is 3.56. The summed E-state index contributed by atoms with van der Waals surface area (Å²) in [7, 11) is 0. The van der Waals surface area contributed by atoms with Gasteiger partial charge in [0.25, 0.3) is 0 Å². The van der Waals surface area contributed by atoms with Gasteiger partial charge in [-0.05, 0) is 31.0 Å². The van der Waals surface area contributed by atoms with Crippen LogP contribution in [0.3, 0.4) is 0 Å². The van der Waals surface area contributed by atoms with Crippen LogP contribution in [0.5, 0.6) is 0 Å². The minimum absolute atomic E-state index is 0.274. The van der Waals surface area contributed by atoms with E-state index in [0.29, 0.717) is 36.5 Å². The largest absolute Gasteiger partial charge is 0.416 e. The number of β-amino-alcohol motifs (C(OH)–C–C–N with tert-alkyl or cyclic N) is 1. The third-order valence-corrected chi connectivity index (χ3v) is 4.02. The van der Waals surface area contributed by atoms with Gasteiger partial charge in [0.1, 0.15) is 5.76 Å². The predicted molar refractivity (Wildman–Crippen MR) is 76.5 cm³/mol. The summed E-state index contributed by atoms with van der Waals surface area (Å²) in [5.74, 6) is 0.676. The van der Waals surface area contributed by atoms with Gasteiger partial charge >= 0.3 is 6.18 Å². The van der Waals surface area contributed by atoms with E-state index < -0.39 is 17.8 Å². The summed E-state index contributed by atoms with van der Waals surface area (Å²) in [6, 6.07) is 6.79. The molecule has 0 unspecified atom stereocenters. The van der Waals surface area contributed by atoms with Crippen molar-refractivity contribution in [2.24, 2.45) is 0 Å². The van der Waals surface area contributed by atoms with E-state index in [0.717, 1.165) is 12.1 Å². The Bertz CT molecular complexity index is 684. The Morgan fingerprint density at radius 3 is 2.78 bits per heavy atom. The maximum Gasteiger partial charge on any atom is 0.416 e. The monoisotopic (exact) mass is 326 g/mol. The summed E-state index contributed by atoms with van der Waals surface area (Å²) in [5, 5.41) is 13.8. The molecule has 1 N–H and O–H groups in total. The van der Waals surface area contributed by atoms with Crippen molar-refractivity contribution in [3.63, 3.8) is 0 Å². The Morgan fingerprint density at radius 2 is 2.13 bits per heavy atom. The summed E-state index contributed by atoms with van der Waals surface area (Å²) in [5.41, 5.74) is 0.582. The number of halogens is 3. The first-order valence-corrected chi connectivity index (χ1v) is 7.34. The van der Waals surface area contributed by atoms with Crippen LogP contribution < -0.4 is 0 Å². The zero-order valence-electron chi connectivity index (χ0n) is 12.5. The molecule has 4 nitrogen and oxygen atoms in total. The van der Waals surface area contributed by atoms with E-state index in [2.05, 4.69) is 5.16 Å². The number of aryl methyl sites for hydroxylation is 1. The highest BCUT2D eigenvalue weighted by atomic mass is 19.4. The second-order valence-corrected chi connectivity index (χ2v) is 5.89. The van der Waals surface area contributed by atoms with Crippen molar-refractivity contribution >= 4 is 0 Å². The third-order valence-electron chi connectivity index (χ3n) is 4.02. The minimum Gasteiger partial charge on any atom is -0.392 e. The van der Waals surface area contributed by atoms with Gasteiger partial charge in [0, 0.05) is 25.2 Å². The fraction of sp³-hybridized carbons (Fsp3) is 0.438. The quantitative estimate of drug-likeness (QED) is 0.940. The topological polar surface area (TPSA) is 49.5 Å². The molecular weight excluding hydrogens is 309 g/mol. The zero-order chi connectivity index (χ0) is 16.6. The van der Waals surface area contributed by atoms with Crippen molar-refractivity contribution in [1.82, 2.24) is 10.1 Å². The van der Waals surface area contributed by atoms with Gasteiger partial charge in [0.15, 0.2) is 0 Å². The van der Waals surface area contributed by atoms with Gasteiger partial charge in [0.2, 0.25) is 0 Å². The van der Waals surface area contributed by atoms with E-state index >= 15 is 0 Å². The highest BCUT2D eigenvalue weighted by Gasteiger charge is 2.35. The molecule has 1 fully saturated rings. The van der Waals surface area contributed by atoms with Crippen LogP contribution >= 0.6 is 0 Å². The van der Waals surface area contributed by atoms with Gasteiger partial charge in [-0.1, -0.05) is 17.3 Å². The molecular formula is C16H17F3N2O2. The SMILES string of the molecule is Cc1cc(CN2C[C@@H](O)C[C@H]2c2cccc(C(F)(F)F)c2)no1. The van der Waals surface area contributed by atoms with Crippen LogP contribution in [-0.4, -0.2) is 27.8 Å². The van der Waals surface area contributed by atoms with Crippen molar-refractivity contribution in [2.45, 2.75) is 38.2 Å². The first-order valence-electron chi connectivity index (χ1n) is 7.34. The highest BCUT2D eigenvalue weighted by Crippen LogP contribution is 2.36. The lowest BCUT2D eigenvalue weighted by molar-refractivity contribution is -0.137. The maximum absolute atomic E-state index is 12.9. The van der Waals surface area contributed by atoms with E-state index in [1.165, 1.54) is 6.07 Å². The van der Waals surface area contributed by atoms with Gasteiger partial charge < -0.3 is 9.63 Å². The average Bonchev–Trinajstić information content (AvgIpc) is 3.04. The summed E-state index contributed by atoms with van der Waals surface area (Å²) < 4.78 is 43.7. The normalized spacial score (nSPS) is 22.7. The molecule has 0 spiro atoms. The van der Waals surface area contributed by atoms with Gasteiger partial charge in [-0.2, -0.15) is 13.2 Å². The summed E-state index contributed by atoms with van der Waals surface area (Å²) in [6.45, 7) is 2.60. The lowest BCUT2D eigenvalue weighted by Gasteiger charge is -2.24. The van der Waals surface area contributed by atoms with Gasteiger partial charge in [-0.25, -0.2) is 0 Å². The molecule has 0 radical (unpaired) electrons. The van der Waals surface area contributed by atoms with Crippen LogP contribution in [0.2, 0.25) is 0 Å². The molecule has 7 heteroatoms. The van der Waals surface area contributed by atoms with Crippen LogP contribution in [0.25, 0.3) is 0 Å². The number of nitrogens with zero attached hydrogens (tertiary/aromatic N) is 2. The number of rotatable bonds is 3. The predicted octanol–water partition coefficient (Wildman–Crippen LogP) is 3.31. The fourth-order valence-corrected chi connectivity index (χ4v) is 3.02. The maximum atomic E-state index is 12.9. The lowest BCUT2D eigenvalue weighted by atomic mass is 10.0. The molecule has 23 heavy (non-hydrogen) atoms. The smallest absolute Gasteiger partial charge is 0.392 e. The Morgan fingerprint density at radius 1 is 1.35 bits per heavy atom. The molecule has 0 saturated carbocycles. The number of hydrogen-bond donors (Lipinski definition) is 1. The summed E-state index contributed by atoms with van der Waals surface area (Å²) in [4.78, 5) is 1.93. The van der Waals surface area contributed by atoms with Crippen molar-refractivity contribution in [3.8, 4) is 0 Å². The number of aromatic nitrogens is 1. The standard InChI is InChI=1S/C16H17F3N2O2/c1-10-5-13(20-23-10)8-21-9-14(22)7-15(21)11-3-2-4-12(6-11)16(17,18)19/h2-6,14-15,22H,7-9H2,1H3/t14-,15-/m0/s1. The van der Waals surface area contributed by atoms with E-state index in [1.807, 2.05) is 4.90 Å². The van der Waals surface area contributed by atoms with E-state index in [9.17, 15) is 18.3 Å². The molecule has 0 bridgehead atoms. The Labute approximate surface area is 131 Å². The second-order valence-electron chi connectivity index (χ2n) is 5.89. The van der Waals surface area contributed by atoms with E-state index in [1.54, 1.807) is 19.1 Å². The first-order chi connectivity index (χ1) is 10.8. The molecule has 0 amide bonds. The lowest BCUT2D eigenvalue weighted by Crippen LogP contribution is -2.24. The average molecular weight is 326 g/mol. The van der Waals surface area contributed by atoms with Crippen LogP contribution in [0.15, 0.2) is 34.9 Å². The van der Waals surface area contributed by atoms with Gasteiger partial charge in [-0.15, -0.1) is 0 Å². The molecule has 124 valence electrons. The number of alkyl halides is 3. The molecule has 1 aromatic carbocycles. The van der Waals surface area contributed by atoms with Crippen molar-refractivity contribution in [3.05, 3.63) is 52.9 Å². The Balaban J connectivity index is 1.84. The van der Waals surface area contributed by atoms with Gasteiger partial charge in [0.05, 0.1) is 17.4 Å². The molecule has 0 aliphatic carbocycles. The van der Waals surface area contributed by atoms with Crippen LogP contribution in [0, 0.1) is 6.92 Å². The molecule has 2 heterocycles. The van der Waals surface area contributed by atoms with Crippen molar-refractivity contribution < 1.29 is 22.8 Å². The molecule has 1 aliphatic rings. The Kier molecular flexibility index (Phi) is 4.16. The number of benzene rings is 1. The summed E-state index contributed by atoms with van der Waals surface area (Å²) >= 11 is 0. The van der Waals surface area contributed by atoms with Crippen LogP contribution in [0.1, 0.15) is 35.0 Å². The highest BCUT2D eigenvalue weighted by molar-refractivity contribution is 5.29. The number of likely N-dealkylation sites (tertiary alicyclic amines) is 1. The molecule has 3 rings (SSSR count). The summed E-state index contributed by atoms with van der Waals surface area (Å²) in [6.07, 6.45) is -4.54. The molecule has 1 aromatic heterocycles. The fourth-order valence-electron chi connectivity index (χ4n) is 3.02. The van der Waals surface area contributed by atoms with Crippen LogP contribution in [0.4, 0.5) is 13.2 Å². The van der Waals surface area contributed by atoms with Crippen molar-refractivity contribution in [2.75, 3.05) is 6.54 Å². The molecule has 2 atom stereocenters. The molecule has 1 saturated heterocycles. The second kappa shape index (κ2) is 5.98. The number of hydrogen-bond acceptors (Lipinski definition) is 4. The number of aliphatic hydroxyl groups excluding tert-OH is 1. The number of aliphatic hydroxyl groups is 1. The van der Waals surface area contributed by atoms with Crippen molar-refractivity contribution in [1.29, 1.82) is 0 Å². The van der Waals surface area contributed by atoms with Gasteiger partial charge in [-0.3, -0.25) is 4.90 Å². The first kappa shape index (κ1) is 16.0. The van der Waals surface area contributed by atoms with E-state index in [-0.39, 0.29) is 6.04 Å². The minimum atomic E-state index is -4.37. The van der Waals surface area contributed by atoms with E-state index in [4.69, 9.17) is 4.52 Å². The molecule has 1 aliphatic heterocycles. The van der Waals surface area contributed by atoms with Crippen LogP contribution in [-0.2, 0) is 12.7 Å². The molecule has 2 aromatic rings.